The third kappa shape index (κ3) is 8.13. The molecule has 5 aliphatic rings. The number of nitrogens with zero attached hydrogens (tertiary/aromatic N) is 2. The Hall–Kier alpha value is -5.44. The number of benzene rings is 2. The molecule has 9 rings (SSSR count). The third-order valence-corrected chi connectivity index (χ3v) is 14.2. The fraction of sp³-hybridized carbons (Fsp3) is 0.477. The zero-order chi connectivity index (χ0) is 40.7. The van der Waals surface area contributed by atoms with Gasteiger partial charge in [-0.2, -0.15) is 0 Å². The van der Waals surface area contributed by atoms with Gasteiger partial charge in [0.1, 0.15) is 40.9 Å². The predicted molar refractivity (Wildman–Crippen MR) is 218 cm³/mol. The Balaban J connectivity index is 1.05. The first-order valence-electron chi connectivity index (χ1n) is 20.9. The number of alkyl carbamates (subject to hydrolysis) is 1. The van der Waals surface area contributed by atoms with Crippen LogP contribution in [0.2, 0.25) is 0 Å². The Morgan fingerprint density at radius 3 is 2.47 bits per heavy atom. The highest BCUT2D eigenvalue weighted by Crippen LogP contribution is 2.46. The molecular weight excluding hydrogens is 775 g/mol. The summed E-state index contributed by atoms with van der Waals surface area (Å²) in [6, 6.07) is 16.9. The number of carbonyl (C=O) groups excluding carboxylic acids is 4. The monoisotopic (exact) mass is 823 g/mol. The minimum Gasteiger partial charge on any atom is -0.484 e. The van der Waals surface area contributed by atoms with Gasteiger partial charge in [0, 0.05) is 29.4 Å². The van der Waals surface area contributed by atoms with Crippen LogP contribution < -0.4 is 20.1 Å². The summed E-state index contributed by atoms with van der Waals surface area (Å²) in [5, 5.41) is 5.93. The normalized spacial score (nSPS) is 27.2. The molecule has 0 bridgehead atoms. The van der Waals surface area contributed by atoms with E-state index in [4.69, 9.17) is 18.9 Å². The summed E-state index contributed by atoms with van der Waals surface area (Å²) in [4.78, 5) is 62.8. The van der Waals surface area contributed by atoms with Crippen LogP contribution in [0.5, 0.6) is 5.75 Å². The molecule has 4 amide bonds. The minimum atomic E-state index is -3.90. The average Bonchev–Trinajstić information content (AvgIpc) is 4.04. The van der Waals surface area contributed by atoms with E-state index in [2.05, 4.69) is 15.4 Å². The summed E-state index contributed by atoms with van der Waals surface area (Å²) >= 11 is 0. The molecule has 3 saturated carbocycles. The van der Waals surface area contributed by atoms with E-state index in [0.717, 1.165) is 49.5 Å². The van der Waals surface area contributed by atoms with Gasteiger partial charge in [0.15, 0.2) is 11.3 Å². The first-order chi connectivity index (χ1) is 28.6. The number of carbonyl (C=O) groups is 4. The van der Waals surface area contributed by atoms with Gasteiger partial charge in [0.25, 0.3) is 5.91 Å². The van der Waals surface area contributed by atoms with Crippen LogP contribution in [0.1, 0.15) is 83.5 Å². The number of furan rings is 1. The number of pyridine rings is 1. The van der Waals surface area contributed by atoms with Gasteiger partial charge in [0.2, 0.25) is 21.8 Å². The van der Waals surface area contributed by atoms with Gasteiger partial charge in [-0.05, 0) is 76.3 Å². The number of fused-ring (bicyclic) bond motifs is 5. The van der Waals surface area contributed by atoms with Crippen LogP contribution in [0.4, 0.5) is 4.79 Å². The van der Waals surface area contributed by atoms with Crippen molar-refractivity contribution in [3.05, 3.63) is 72.8 Å². The smallest absolute Gasteiger partial charge is 0.408 e. The predicted octanol–water partition coefficient (Wildman–Crippen LogP) is 6.04. The van der Waals surface area contributed by atoms with Gasteiger partial charge < -0.3 is 29.4 Å². The number of hydrogen-bond acceptors (Lipinski definition) is 10. The molecular formula is C44H49N5O9S. The van der Waals surface area contributed by atoms with E-state index in [1.807, 2.05) is 66.7 Å². The molecule has 4 heterocycles. The second-order valence-corrected chi connectivity index (χ2v) is 18.6. The van der Waals surface area contributed by atoms with E-state index in [9.17, 15) is 27.6 Å². The number of hydrogen-bond donors (Lipinski definition) is 3. The van der Waals surface area contributed by atoms with Gasteiger partial charge in [0.05, 0.1) is 17.5 Å². The Morgan fingerprint density at radius 2 is 1.68 bits per heavy atom. The van der Waals surface area contributed by atoms with Crippen molar-refractivity contribution in [3.8, 4) is 17.0 Å². The second kappa shape index (κ2) is 16.0. The third-order valence-electron chi connectivity index (χ3n) is 12.4. The number of aromatic nitrogens is 1. The molecule has 3 N–H and O–H groups in total. The van der Waals surface area contributed by atoms with Gasteiger partial charge in [-0.15, -0.1) is 0 Å². The second-order valence-electron chi connectivity index (χ2n) is 16.7. The van der Waals surface area contributed by atoms with E-state index in [1.54, 1.807) is 6.07 Å². The lowest BCUT2D eigenvalue weighted by molar-refractivity contribution is -0.141. The lowest BCUT2D eigenvalue weighted by atomic mass is 10.0. The van der Waals surface area contributed by atoms with Crippen LogP contribution in [0.3, 0.4) is 0 Å². The van der Waals surface area contributed by atoms with Crippen molar-refractivity contribution < 1.29 is 41.5 Å². The largest absolute Gasteiger partial charge is 0.484 e. The minimum absolute atomic E-state index is 0.0178. The molecule has 0 radical (unpaired) electrons. The van der Waals surface area contributed by atoms with Crippen LogP contribution in [-0.2, 0) is 29.1 Å². The van der Waals surface area contributed by atoms with Gasteiger partial charge in [-0.3, -0.25) is 19.1 Å². The molecule has 5 unspecified atom stereocenters. The van der Waals surface area contributed by atoms with Crippen molar-refractivity contribution in [2.45, 2.75) is 119 Å². The summed E-state index contributed by atoms with van der Waals surface area (Å²) in [5.41, 5.74) is 1.64. The van der Waals surface area contributed by atoms with Crippen molar-refractivity contribution in [2.24, 2.45) is 5.92 Å². The zero-order valence-electron chi connectivity index (χ0n) is 32.8. The molecule has 59 heavy (non-hydrogen) atoms. The molecule has 0 spiro atoms. The van der Waals surface area contributed by atoms with Crippen molar-refractivity contribution >= 4 is 55.9 Å². The van der Waals surface area contributed by atoms with Crippen molar-refractivity contribution in [1.82, 2.24) is 25.2 Å². The number of ether oxygens (including phenoxy) is 2. The molecule has 4 fully saturated rings. The van der Waals surface area contributed by atoms with Crippen LogP contribution >= 0.6 is 0 Å². The van der Waals surface area contributed by atoms with Gasteiger partial charge >= 0.3 is 6.09 Å². The maximum atomic E-state index is 14.7. The zero-order valence-corrected chi connectivity index (χ0v) is 33.6. The number of allylic oxidation sites excluding steroid dienone is 1. The quantitative estimate of drug-likeness (QED) is 0.177. The maximum Gasteiger partial charge on any atom is 0.408 e. The standard InChI is InChI=1S/C44H49N5O9S/c50-40-35-23-30(56-37-24-34(27-13-5-4-6-14-27)45-38-32-18-11-12-20-36(32)58-39(37)38)26-49(35)41(51)33(46-43(53)57-29-16-9-10-17-29)19-8-3-1-2-7-15-28-25-44(28,47-40)42(52)48-59(54,55)31-21-22-31/h4-7,11-15,18,20,24,28-31,33,35H,1-3,8-10,16-17,19,21-23,25-26H2,(H,46,53)(H,47,50)(H,48,52)/b15-7+. The van der Waals surface area contributed by atoms with Crippen molar-refractivity contribution in [2.75, 3.05) is 6.54 Å². The van der Waals surface area contributed by atoms with Crippen LogP contribution in [0.15, 0.2) is 77.2 Å². The molecule has 15 heteroatoms. The number of sulfonamides is 1. The highest BCUT2D eigenvalue weighted by Gasteiger charge is 2.62. The Morgan fingerprint density at radius 1 is 0.915 bits per heavy atom. The fourth-order valence-electron chi connectivity index (χ4n) is 8.86. The summed E-state index contributed by atoms with van der Waals surface area (Å²) in [6.45, 7) is -0.0178. The topological polar surface area (TPSA) is 186 Å². The molecule has 2 aliphatic heterocycles. The highest BCUT2D eigenvalue weighted by molar-refractivity contribution is 7.91. The SMILES string of the molecule is O=C(NC1CCCCC/C=C/C2CC2(C(=O)NS(=O)(=O)C2CC2)NC(=O)C2CC(Oc3cc(-c4ccccc4)nc4c3oc3ccccc34)CN2C1=O)OC1CCCC1. The van der Waals surface area contributed by atoms with E-state index < -0.39 is 68.7 Å². The molecule has 4 aromatic rings. The molecule has 3 aliphatic carbocycles. The van der Waals surface area contributed by atoms with Gasteiger partial charge in [-0.1, -0.05) is 67.5 Å². The molecule has 1 saturated heterocycles. The van der Waals surface area contributed by atoms with E-state index in [1.165, 1.54) is 4.90 Å². The summed E-state index contributed by atoms with van der Waals surface area (Å²) in [7, 11) is -3.90. The summed E-state index contributed by atoms with van der Waals surface area (Å²) < 4.78 is 46.9. The molecule has 14 nitrogen and oxygen atoms in total. The Bertz CT molecular complexity index is 2410. The van der Waals surface area contributed by atoms with Gasteiger partial charge in [-0.25, -0.2) is 18.2 Å². The van der Waals surface area contributed by atoms with E-state index >= 15 is 0 Å². The van der Waals surface area contributed by atoms with Crippen molar-refractivity contribution in [1.29, 1.82) is 0 Å². The van der Waals surface area contributed by atoms with Crippen LogP contribution in [-0.4, -0.2) is 83.7 Å². The average molecular weight is 824 g/mol. The summed E-state index contributed by atoms with van der Waals surface area (Å²) in [5.74, 6) is -1.92. The van der Waals surface area contributed by atoms with Crippen LogP contribution in [0.25, 0.3) is 33.3 Å². The van der Waals surface area contributed by atoms with E-state index in [-0.39, 0.29) is 25.5 Å². The molecule has 5 atom stereocenters. The molecule has 310 valence electrons. The number of rotatable bonds is 8. The Kier molecular flexibility index (Phi) is 10.6. The molecule has 2 aromatic carbocycles. The number of amides is 4. The lowest BCUT2D eigenvalue weighted by Crippen LogP contribution is -2.58. The van der Waals surface area contributed by atoms with Crippen LogP contribution in [0, 0.1) is 5.92 Å². The van der Waals surface area contributed by atoms with Crippen molar-refractivity contribution in [3.63, 3.8) is 0 Å². The van der Waals surface area contributed by atoms with E-state index in [0.29, 0.717) is 60.2 Å². The first-order valence-corrected chi connectivity index (χ1v) is 22.5. The molecule has 2 aromatic heterocycles. The maximum absolute atomic E-state index is 14.7. The summed E-state index contributed by atoms with van der Waals surface area (Å²) in [6.07, 6.45) is 10.1. The number of nitrogens with one attached hydrogen (secondary N) is 3. The highest BCUT2D eigenvalue weighted by atomic mass is 32.2. The first kappa shape index (κ1) is 39.0. The Labute approximate surface area is 342 Å². The fourth-order valence-corrected chi connectivity index (χ4v) is 10.2. The lowest BCUT2D eigenvalue weighted by Gasteiger charge is -2.30. The number of para-hydroxylation sites is 1.